The van der Waals surface area contributed by atoms with Crippen LogP contribution in [0.4, 0.5) is 24.7 Å². The number of amides is 1. The second-order valence-corrected chi connectivity index (χ2v) is 6.88. The molecule has 1 aliphatic heterocycles. The third-order valence-corrected chi connectivity index (χ3v) is 4.83. The first-order valence-corrected chi connectivity index (χ1v) is 9.41. The zero-order valence-electron chi connectivity index (χ0n) is 15.8. The van der Waals surface area contributed by atoms with Gasteiger partial charge in [-0.3, -0.25) is 9.78 Å². The molecule has 1 saturated heterocycles. The predicted octanol–water partition coefficient (Wildman–Crippen LogP) is 4.16. The van der Waals surface area contributed by atoms with Crippen molar-refractivity contribution in [1.29, 1.82) is 0 Å². The average molecular weight is 413 g/mol. The van der Waals surface area contributed by atoms with E-state index in [1.54, 1.807) is 41.3 Å². The Labute approximate surface area is 170 Å². The molecule has 0 saturated carbocycles. The van der Waals surface area contributed by atoms with Crippen LogP contribution in [0.25, 0.3) is 11.4 Å². The Kier molecular flexibility index (Phi) is 5.35. The van der Waals surface area contributed by atoms with Gasteiger partial charge >= 0.3 is 6.18 Å². The van der Waals surface area contributed by atoms with E-state index in [-0.39, 0.29) is 17.5 Å². The molecule has 1 N–H and O–H groups in total. The zero-order chi connectivity index (χ0) is 21.1. The molecule has 0 aliphatic carbocycles. The first-order chi connectivity index (χ1) is 14.4. The fraction of sp³-hybridized carbons (Fsp3) is 0.238. The van der Waals surface area contributed by atoms with Gasteiger partial charge in [0.2, 0.25) is 5.91 Å². The highest BCUT2D eigenvalue weighted by Crippen LogP contribution is 2.33. The number of aromatic nitrogens is 3. The monoisotopic (exact) mass is 413 g/mol. The maximum absolute atomic E-state index is 13.5. The van der Waals surface area contributed by atoms with Crippen LogP contribution in [0.15, 0.2) is 60.9 Å². The topological polar surface area (TPSA) is 71.0 Å². The zero-order valence-corrected chi connectivity index (χ0v) is 15.8. The maximum atomic E-state index is 13.5. The van der Waals surface area contributed by atoms with Gasteiger partial charge in [-0.25, -0.2) is 9.97 Å². The van der Waals surface area contributed by atoms with Crippen molar-refractivity contribution in [3.63, 3.8) is 0 Å². The summed E-state index contributed by atoms with van der Waals surface area (Å²) in [5.41, 5.74) is 0.000700. The van der Waals surface area contributed by atoms with Crippen LogP contribution in [0.3, 0.4) is 0 Å². The van der Waals surface area contributed by atoms with E-state index in [1.807, 2.05) is 6.07 Å². The Morgan fingerprint density at radius 2 is 1.80 bits per heavy atom. The first kappa shape index (κ1) is 19.8. The minimum atomic E-state index is -4.64. The lowest BCUT2D eigenvalue weighted by Crippen LogP contribution is -2.40. The maximum Gasteiger partial charge on any atom is 0.433 e. The van der Waals surface area contributed by atoms with Gasteiger partial charge in [-0.05, 0) is 37.1 Å². The van der Waals surface area contributed by atoms with E-state index in [1.165, 1.54) is 12.4 Å². The molecule has 0 radical (unpaired) electrons. The van der Waals surface area contributed by atoms with E-state index >= 15 is 0 Å². The first-order valence-electron chi connectivity index (χ1n) is 9.41. The Balaban J connectivity index is 1.68. The molecule has 9 heteroatoms. The van der Waals surface area contributed by atoms with Gasteiger partial charge in [0.05, 0.1) is 0 Å². The third-order valence-electron chi connectivity index (χ3n) is 4.83. The predicted molar refractivity (Wildman–Crippen MR) is 106 cm³/mol. The number of nitrogens with one attached hydrogen (secondary N) is 1. The van der Waals surface area contributed by atoms with E-state index < -0.39 is 17.9 Å². The molecule has 2 aromatic heterocycles. The van der Waals surface area contributed by atoms with Crippen LogP contribution < -0.4 is 10.2 Å². The van der Waals surface area contributed by atoms with Crippen molar-refractivity contribution in [2.75, 3.05) is 16.8 Å². The van der Waals surface area contributed by atoms with Gasteiger partial charge in [0.1, 0.15) is 11.9 Å². The SMILES string of the molecule is O=C(Nc1ccccc1)[C@H]1CCCN1c1cc(C(F)(F)F)nc(-c2ccncc2)n1. The number of nitrogens with zero attached hydrogens (tertiary/aromatic N) is 4. The van der Waals surface area contributed by atoms with E-state index in [0.29, 0.717) is 30.6 Å². The van der Waals surface area contributed by atoms with Gasteiger partial charge < -0.3 is 10.2 Å². The molecule has 1 aromatic carbocycles. The number of alkyl halides is 3. The standard InChI is InChI=1S/C21H18F3N5O/c22-21(23,24)17-13-18(28-19(27-17)14-8-10-25-11-9-14)29-12-4-7-16(29)20(30)26-15-5-2-1-3-6-15/h1-3,5-6,8-11,13,16H,4,7,12H2,(H,26,30)/t16-/m1/s1. The average Bonchev–Trinajstić information content (AvgIpc) is 3.24. The normalized spacial score (nSPS) is 16.5. The van der Waals surface area contributed by atoms with Gasteiger partial charge in [-0.1, -0.05) is 18.2 Å². The molecule has 0 spiro atoms. The van der Waals surface area contributed by atoms with Crippen LogP contribution in [0.1, 0.15) is 18.5 Å². The number of para-hydroxylation sites is 1. The van der Waals surface area contributed by atoms with Gasteiger partial charge in [-0.2, -0.15) is 13.2 Å². The van der Waals surface area contributed by atoms with E-state index in [4.69, 9.17) is 0 Å². The van der Waals surface area contributed by atoms with Gasteiger partial charge in [0.15, 0.2) is 11.5 Å². The molecule has 6 nitrogen and oxygen atoms in total. The largest absolute Gasteiger partial charge is 0.433 e. The number of hydrogen-bond donors (Lipinski definition) is 1. The van der Waals surface area contributed by atoms with Gasteiger partial charge in [-0.15, -0.1) is 0 Å². The number of pyridine rings is 1. The molecule has 154 valence electrons. The Hall–Kier alpha value is -3.49. The fourth-order valence-electron chi connectivity index (χ4n) is 3.42. The van der Waals surface area contributed by atoms with Gasteiger partial charge in [0.25, 0.3) is 0 Å². The summed E-state index contributed by atoms with van der Waals surface area (Å²) in [6, 6.07) is 12.3. The molecule has 0 unspecified atom stereocenters. The summed E-state index contributed by atoms with van der Waals surface area (Å²) < 4.78 is 40.5. The summed E-state index contributed by atoms with van der Waals surface area (Å²) in [6.07, 6.45) is -0.520. The number of carbonyl (C=O) groups is 1. The lowest BCUT2D eigenvalue weighted by Gasteiger charge is -2.26. The molecule has 3 heterocycles. The summed E-state index contributed by atoms with van der Waals surface area (Å²) >= 11 is 0. The molecule has 4 rings (SSSR count). The van der Waals surface area contributed by atoms with Crippen LogP contribution in [0, 0.1) is 0 Å². The summed E-state index contributed by atoms with van der Waals surface area (Å²) in [4.78, 5) is 26.3. The van der Waals surface area contributed by atoms with Crippen molar-refractivity contribution in [2.45, 2.75) is 25.1 Å². The highest BCUT2D eigenvalue weighted by atomic mass is 19.4. The number of anilines is 2. The molecule has 30 heavy (non-hydrogen) atoms. The van der Waals surface area contributed by atoms with Crippen molar-refractivity contribution in [1.82, 2.24) is 15.0 Å². The smallest absolute Gasteiger partial charge is 0.344 e. The van der Waals surface area contributed by atoms with Crippen molar-refractivity contribution in [3.05, 3.63) is 66.6 Å². The molecule has 1 aliphatic rings. The Bertz CT molecular complexity index is 1030. The van der Waals surface area contributed by atoms with Crippen LogP contribution in [-0.4, -0.2) is 33.4 Å². The molecule has 3 aromatic rings. The van der Waals surface area contributed by atoms with Crippen molar-refractivity contribution >= 4 is 17.4 Å². The summed E-state index contributed by atoms with van der Waals surface area (Å²) in [7, 11) is 0. The second-order valence-electron chi connectivity index (χ2n) is 6.88. The van der Waals surface area contributed by atoms with Crippen molar-refractivity contribution < 1.29 is 18.0 Å². The van der Waals surface area contributed by atoms with Crippen LogP contribution >= 0.6 is 0 Å². The lowest BCUT2D eigenvalue weighted by molar-refractivity contribution is -0.141. The van der Waals surface area contributed by atoms with E-state index in [0.717, 1.165) is 6.07 Å². The number of rotatable bonds is 4. The molecule has 1 fully saturated rings. The molecule has 1 atom stereocenters. The van der Waals surface area contributed by atoms with Crippen LogP contribution in [0.2, 0.25) is 0 Å². The lowest BCUT2D eigenvalue weighted by atomic mass is 10.2. The number of carbonyl (C=O) groups excluding carboxylic acids is 1. The van der Waals surface area contributed by atoms with Crippen LogP contribution in [-0.2, 0) is 11.0 Å². The summed E-state index contributed by atoms with van der Waals surface area (Å²) in [5, 5.41) is 2.82. The minimum absolute atomic E-state index is 0.0589. The third kappa shape index (κ3) is 4.24. The summed E-state index contributed by atoms with van der Waals surface area (Å²) in [5.74, 6) is -0.262. The van der Waals surface area contributed by atoms with E-state index in [2.05, 4.69) is 20.3 Å². The second kappa shape index (κ2) is 8.10. The van der Waals surface area contributed by atoms with Crippen molar-refractivity contribution in [2.24, 2.45) is 0 Å². The highest BCUT2D eigenvalue weighted by molar-refractivity contribution is 5.97. The Morgan fingerprint density at radius 3 is 2.50 bits per heavy atom. The molecule has 1 amide bonds. The fourth-order valence-corrected chi connectivity index (χ4v) is 3.42. The number of hydrogen-bond acceptors (Lipinski definition) is 5. The number of benzene rings is 1. The van der Waals surface area contributed by atoms with Crippen molar-refractivity contribution in [3.8, 4) is 11.4 Å². The number of halogens is 3. The Morgan fingerprint density at radius 1 is 1.07 bits per heavy atom. The molecular formula is C21H18F3N5O. The van der Waals surface area contributed by atoms with E-state index in [9.17, 15) is 18.0 Å². The quantitative estimate of drug-likeness (QED) is 0.695. The minimum Gasteiger partial charge on any atom is -0.344 e. The summed E-state index contributed by atoms with van der Waals surface area (Å²) in [6.45, 7) is 0.428. The highest BCUT2D eigenvalue weighted by Gasteiger charge is 2.37. The van der Waals surface area contributed by atoms with Gasteiger partial charge in [0, 0.05) is 36.3 Å². The van der Waals surface area contributed by atoms with Crippen LogP contribution in [0.5, 0.6) is 0 Å². The molecule has 0 bridgehead atoms. The molecular weight excluding hydrogens is 395 g/mol.